The summed E-state index contributed by atoms with van der Waals surface area (Å²) in [5.41, 5.74) is -1.95. The summed E-state index contributed by atoms with van der Waals surface area (Å²) in [5, 5.41) is -0.954. The highest BCUT2D eigenvalue weighted by atomic mass is 127. The van der Waals surface area contributed by atoms with Gasteiger partial charge in [-0.05, 0) is 28.7 Å². The molecule has 0 amide bonds. The van der Waals surface area contributed by atoms with Crippen LogP contribution in [0.3, 0.4) is 0 Å². The first-order chi connectivity index (χ1) is 6.73. The van der Waals surface area contributed by atoms with Crippen LogP contribution in [0.2, 0.25) is 5.15 Å². The summed E-state index contributed by atoms with van der Waals surface area (Å²) in [6.07, 6.45) is -7.64. The minimum atomic E-state index is -4.69. The van der Waals surface area contributed by atoms with Gasteiger partial charge in [-0.25, -0.2) is 13.8 Å². The first kappa shape index (κ1) is 12.9. The molecule has 0 radical (unpaired) electrons. The van der Waals surface area contributed by atoms with Crippen LogP contribution in [0, 0.1) is 3.57 Å². The number of nitrogens with zero attached hydrogens (tertiary/aromatic N) is 1. The summed E-state index contributed by atoms with van der Waals surface area (Å²) >= 11 is 6.49. The van der Waals surface area contributed by atoms with Crippen LogP contribution in [-0.2, 0) is 6.18 Å². The van der Waals surface area contributed by atoms with Gasteiger partial charge in [0.05, 0.1) is 0 Å². The molecule has 1 aromatic heterocycles. The lowest BCUT2D eigenvalue weighted by molar-refractivity contribution is -0.138. The lowest BCUT2D eigenvalue weighted by atomic mass is 10.2. The van der Waals surface area contributed by atoms with Crippen LogP contribution in [-0.4, -0.2) is 4.98 Å². The summed E-state index contributed by atoms with van der Waals surface area (Å²) in [5.74, 6) is 0. The van der Waals surface area contributed by atoms with Crippen molar-refractivity contribution in [2.75, 3.05) is 0 Å². The lowest BCUT2D eigenvalue weighted by Crippen LogP contribution is -2.11. The SMILES string of the molecule is FC(F)c1cc(I)c(C(F)(F)F)c(Cl)n1. The maximum atomic E-state index is 12.3. The van der Waals surface area contributed by atoms with Crippen molar-refractivity contribution in [1.82, 2.24) is 4.98 Å². The van der Waals surface area contributed by atoms with E-state index < -0.39 is 32.6 Å². The zero-order valence-electron chi connectivity index (χ0n) is 6.75. The van der Waals surface area contributed by atoms with E-state index in [1.807, 2.05) is 0 Å². The fourth-order valence-electron chi connectivity index (χ4n) is 0.866. The minimum Gasteiger partial charge on any atom is -0.234 e. The Kier molecular flexibility index (Phi) is 3.75. The van der Waals surface area contributed by atoms with Gasteiger partial charge < -0.3 is 0 Å². The van der Waals surface area contributed by atoms with Crippen molar-refractivity contribution < 1.29 is 22.0 Å². The summed E-state index contributed by atoms with van der Waals surface area (Å²) in [7, 11) is 0. The Balaban J connectivity index is 3.34. The zero-order valence-corrected chi connectivity index (χ0v) is 9.66. The molecule has 8 heteroatoms. The van der Waals surface area contributed by atoms with E-state index in [-0.39, 0.29) is 0 Å². The molecule has 0 bridgehead atoms. The van der Waals surface area contributed by atoms with Gasteiger partial charge in [0.1, 0.15) is 16.4 Å². The molecule has 0 aliphatic heterocycles. The highest BCUT2D eigenvalue weighted by molar-refractivity contribution is 14.1. The van der Waals surface area contributed by atoms with E-state index in [1.54, 1.807) is 0 Å². The third-order valence-corrected chi connectivity index (χ3v) is 2.58. The molecule has 15 heavy (non-hydrogen) atoms. The second-order valence-corrected chi connectivity index (χ2v) is 4.01. The molecule has 0 atom stereocenters. The molecule has 1 rings (SSSR count). The summed E-state index contributed by atoms with van der Waals surface area (Å²) in [6.45, 7) is 0. The van der Waals surface area contributed by atoms with Crippen molar-refractivity contribution in [3.63, 3.8) is 0 Å². The molecular weight excluding hydrogens is 355 g/mol. The Morgan fingerprint density at radius 3 is 2.20 bits per heavy atom. The normalized spacial score (nSPS) is 12.3. The van der Waals surface area contributed by atoms with Crippen LogP contribution >= 0.6 is 34.2 Å². The van der Waals surface area contributed by atoms with Gasteiger partial charge in [0.25, 0.3) is 6.43 Å². The van der Waals surface area contributed by atoms with Crippen molar-refractivity contribution in [2.45, 2.75) is 12.6 Å². The number of alkyl halides is 5. The van der Waals surface area contributed by atoms with Gasteiger partial charge in [-0.1, -0.05) is 11.6 Å². The molecule has 84 valence electrons. The molecule has 0 fully saturated rings. The van der Waals surface area contributed by atoms with E-state index in [4.69, 9.17) is 11.6 Å². The fourth-order valence-corrected chi connectivity index (χ4v) is 2.21. The number of hydrogen-bond acceptors (Lipinski definition) is 1. The van der Waals surface area contributed by atoms with Gasteiger partial charge in [0.2, 0.25) is 0 Å². The van der Waals surface area contributed by atoms with Crippen molar-refractivity contribution in [3.8, 4) is 0 Å². The van der Waals surface area contributed by atoms with E-state index in [1.165, 1.54) is 22.6 Å². The Bertz CT molecular complexity index is 355. The van der Waals surface area contributed by atoms with E-state index >= 15 is 0 Å². The van der Waals surface area contributed by atoms with E-state index in [2.05, 4.69) is 4.98 Å². The summed E-state index contributed by atoms with van der Waals surface area (Å²) in [6, 6.07) is 0.667. The van der Waals surface area contributed by atoms with Crippen molar-refractivity contribution in [1.29, 1.82) is 0 Å². The summed E-state index contributed by atoms with van der Waals surface area (Å²) in [4.78, 5) is 2.99. The van der Waals surface area contributed by atoms with Gasteiger partial charge in [0, 0.05) is 3.57 Å². The maximum Gasteiger partial charge on any atom is 0.420 e. The smallest absolute Gasteiger partial charge is 0.234 e. The lowest BCUT2D eigenvalue weighted by Gasteiger charge is -2.11. The molecule has 0 saturated carbocycles. The van der Waals surface area contributed by atoms with E-state index in [9.17, 15) is 22.0 Å². The van der Waals surface area contributed by atoms with Crippen molar-refractivity contribution in [3.05, 3.63) is 26.0 Å². The molecule has 1 heterocycles. The maximum absolute atomic E-state index is 12.3. The van der Waals surface area contributed by atoms with Gasteiger partial charge in [0.15, 0.2) is 0 Å². The van der Waals surface area contributed by atoms with Crippen molar-refractivity contribution >= 4 is 34.2 Å². The third kappa shape index (κ3) is 2.90. The Labute approximate surface area is 99.8 Å². The molecule has 0 aliphatic carbocycles. The molecule has 0 unspecified atom stereocenters. The first-order valence-corrected chi connectivity index (χ1v) is 4.90. The Morgan fingerprint density at radius 1 is 1.33 bits per heavy atom. The predicted octanol–water partition coefficient (Wildman–Crippen LogP) is 4.30. The molecule has 0 aliphatic rings. The number of rotatable bonds is 1. The van der Waals surface area contributed by atoms with Crippen LogP contribution < -0.4 is 0 Å². The molecule has 0 saturated heterocycles. The number of aromatic nitrogens is 1. The quantitative estimate of drug-likeness (QED) is 0.415. The average Bonchev–Trinajstić information content (AvgIpc) is 1.99. The molecule has 0 N–H and O–H groups in total. The molecule has 0 spiro atoms. The highest BCUT2D eigenvalue weighted by Gasteiger charge is 2.37. The molecular formula is C7H2ClF5IN. The van der Waals surface area contributed by atoms with Gasteiger partial charge in [-0.3, -0.25) is 0 Å². The Morgan fingerprint density at radius 2 is 1.87 bits per heavy atom. The number of pyridine rings is 1. The van der Waals surface area contributed by atoms with Gasteiger partial charge in [-0.15, -0.1) is 0 Å². The monoisotopic (exact) mass is 357 g/mol. The predicted molar refractivity (Wildman–Crippen MR) is 51.9 cm³/mol. The number of hydrogen-bond donors (Lipinski definition) is 0. The number of halogens is 7. The van der Waals surface area contributed by atoms with Gasteiger partial charge >= 0.3 is 6.18 Å². The summed E-state index contributed by atoms with van der Waals surface area (Å²) < 4.78 is 60.9. The van der Waals surface area contributed by atoms with Crippen LogP contribution in [0.4, 0.5) is 22.0 Å². The van der Waals surface area contributed by atoms with Crippen LogP contribution in [0.25, 0.3) is 0 Å². The van der Waals surface area contributed by atoms with Crippen LogP contribution in [0.15, 0.2) is 6.07 Å². The van der Waals surface area contributed by atoms with Crippen LogP contribution in [0.1, 0.15) is 17.7 Å². The fraction of sp³-hybridized carbons (Fsp3) is 0.286. The topological polar surface area (TPSA) is 12.9 Å². The minimum absolute atomic E-state index is 0.393. The molecule has 0 aromatic carbocycles. The molecule has 1 nitrogen and oxygen atoms in total. The van der Waals surface area contributed by atoms with Crippen LogP contribution in [0.5, 0.6) is 0 Å². The van der Waals surface area contributed by atoms with E-state index in [0.717, 1.165) is 0 Å². The third-order valence-electron chi connectivity index (χ3n) is 1.45. The second kappa shape index (κ2) is 4.36. The first-order valence-electron chi connectivity index (χ1n) is 3.44. The van der Waals surface area contributed by atoms with Crippen molar-refractivity contribution in [2.24, 2.45) is 0 Å². The second-order valence-electron chi connectivity index (χ2n) is 2.49. The highest BCUT2D eigenvalue weighted by Crippen LogP contribution is 2.38. The van der Waals surface area contributed by atoms with E-state index in [0.29, 0.717) is 6.07 Å². The average molecular weight is 357 g/mol. The standard InChI is InChI=1S/C7H2ClF5IN/c8-5-4(7(11,12)13)2(14)1-3(15-5)6(9)10/h1,6H. The van der Waals surface area contributed by atoms with Gasteiger partial charge in [-0.2, -0.15) is 13.2 Å². The Hall–Kier alpha value is -0.180. The molecule has 1 aromatic rings. The zero-order chi connectivity index (χ0) is 11.8. The largest absolute Gasteiger partial charge is 0.420 e.